The summed E-state index contributed by atoms with van der Waals surface area (Å²) in [5.41, 5.74) is 8.04. The maximum Gasteiger partial charge on any atom is 0.161 e. The van der Waals surface area contributed by atoms with Gasteiger partial charge in [0.2, 0.25) is 0 Å². The first-order valence-electron chi connectivity index (χ1n) is 6.29. The van der Waals surface area contributed by atoms with Gasteiger partial charge in [-0.2, -0.15) is 0 Å². The number of carbonyl (C=O) groups is 1. The molecule has 0 heterocycles. The Morgan fingerprint density at radius 3 is 2.78 bits per heavy atom. The molecule has 1 aliphatic rings. The fraction of sp³-hybridized carbons (Fsp3) is 0.500. The number of rotatable bonds is 6. The summed E-state index contributed by atoms with van der Waals surface area (Å²) in [6.07, 6.45) is 2.42. The van der Waals surface area contributed by atoms with E-state index in [-0.39, 0.29) is 5.78 Å². The topological polar surface area (TPSA) is 55.6 Å². The van der Waals surface area contributed by atoms with Gasteiger partial charge in [0, 0.05) is 36.6 Å². The summed E-state index contributed by atoms with van der Waals surface area (Å²) in [5.74, 6) is 0.0110. The lowest BCUT2D eigenvalue weighted by atomic mass is 10.1. The minimum Gasteiger partial charge on any atom is -0.398 e. The predicted octanol–water partition coefficient (Wildman–Crippen LogP) is 2.09. The van der Waals surface area contributed by atoms with Crippen LogP contribution < -0.4 is 10.6 Å². The van der Waals surface area contributed by atoms with E-state index in [0.29, 0.717) is 23.9 Å². The van der Waals surface area contributed by atoms with Crippen LogP contribution >= 0.6 is 0 Å². The van der Waals surface area contributed by atoms with Crippen LogP contribution in [0.2, 0.25) is 0 Å². The summed E-state index contributed by atoms with van der Waals surface area (Å²) in [6, 6.07) is 6.28. The van der Waals surface area contributed by atoms with Gasteiger partial charge in [-0.05, 0) is 38.0 Å². The molecular formula is C14H20N2O2. The molecule has 4 heteroatoms. The molecule has 0 saturated heterocycles. The van der Waals surface area contributed by atoms with Crippen molar-refractivity contribution in [1.82, 2.24) is 0 Å². The van der Waals surface area contributed by atoms with Crippen molar-refractivity contribution in [3.63, 3.8) is 0 Å². The van der Waals surface area contributed by atoms with Crippen molar-refractivity contribution < 1.29 is 9.53 Å². The number of nitrogens with two attached hydrogens (primary N) is 1. The van der Waals surface area contributed by atoms with E-state index in [9.17, 15) is 4.79 Å². The third kappa shape index (κ3) is 2.82. The van der Waals surface area contributed by atoms with Gasteiger partial charge in [0.25, 0.3) is 0 Å². The Labute approximate surface area is 108 Å². The second-order valence-electron chi connectivity index (χ2n) is 4.75. The van der Waals surface area contributed by atoms with Crippen molar-refractivity contribution in [1.29, 1.82) is 0 Å². The fourth-order valence-electron chi connectivity index (χ4n) is 2.13. The molecule has 1 fully saturated rings. The quantitative estimate of drug-likeness (QED) is 0.618. The van der Waals surface area contributed by atoms with E-state index in [0.717, 1.165) is 12.2 Å². The number of carbonyl (C=O) groups excluding carboxylic acids is 1. The lowest BCUT2D eigenvalue weighted by Gasteiger charge is -2.25. The van der Waals surface area contributed by atoms with Crippen LogP contribution in [0, 0.1) is 0 Å². The molecule has 0 atom stereocenters. The summed E-state index contributed by atoms with van der Waals surface area (Å²) >= 11 is 0. The molecule has 0 radical (unpaired) electrons. The second-order valence-corrected chi connectivity index (χ2v) is 4.75. The molecular weight excluding hydrogens is 228 g/mol. The Hall–Kier alpha value is -1.55. The number of ketones is 1. The van der Waals surface area contributed by atoms with Crippen LogP contribution in [-0.4, -0.2) is 32.1 Å². The average Bonchev–Trinajstić information content (AvgIpc) is 3.15. The highest BCUT2D eigenvalue weighted by Crippen LogP contribution is 2.32. The minimum absolute atomic E-state index is 0.0110. The Balaban J connectivity index is 2.24. The first-order valence-corrected chi connectivity index (χ1v) is 6.29. The molecule has 1 saturated carbocycles. The van der Waals surface area contributed by atoms with Crippen molar-refractivity contribution in [2.24, 2.45) is 0 Å². The van der Waals surface area contributed by atoms with Crippen LogP contribution in [-0.2, 0) is 4.74 Å². The van der Waals surface area contributed by atoms with Gasteiger partial charge in [0.1, 0.15) is 0 Å². The van der Waals surface area contributed by atoms with E-state index in [2.05, 4.69) is 4.90 Å². The SMILES string of the molecule is COCCN(c1ccc(N)c(C(C)=O)c1)C1CC1. The van der Waals surface area contributed by atoms with Crippen LogP contribution in [0.1, 0.15) is 30.1 Å². The van der Waals surface area contributed by atoms with Crippen molar-refractivity contribution in [2.75, 3.05) is 30.9 Å². The second kappa shape index (κ2) is 5.40. The van der Waals surface area contributed by atoms with E-state index in [1.165, 1.54) is 12.8 Å². The third-order valence-corrected chi connectivity index (χ3v) is 3.27. The Kier molecular flexibility index (Phi) is 3.87. The van der Waals surface area contributed by atoms with Gasteiger partial charge >= 0.3 is 0 Å². The van der Waals surface area contributed by atoms with Crippen LogP contribution in [0.15, 0.2) is 18.2 Å². The van der Waals surface area contributed by atoms with E-state index in [1.54, 1.807) is 14.0 Å². The predicted molar refractivity (Wildman–Crippen MR) is 73.1 cm³/mol. The molecule has 0 aromatic heterocycles. The maximum absolute atomic E-state index is 11.5. The first kappa shape index (κ1) is 12.9. The van der Waals surface area contributed by atoms with Crippen molar-refractivity contribution >= 4 is 17.2 Å². The smallest absolute Gasteiger partial charge is 0.161 e. The average molecular weight is 248 g/mol. The molecule has 1 aliphatic carbocycles. The van der Waals surface area contributed by atoms with Crippen molar-refractivity contribution in [2.45, 2.75) is 25.8 Å². The van der Waals surface area contributed by atoms with E-state index < -0.39 is 0 Å². The Bertz CT molecular complexity index is 441. The zero-order valence-corrected chi connectivity index (χ0v) is 11.0. The number of nitrogens with zero attached hydrogens (tertiary/aromatic N) is 1. The van der Waals surface area contributed by atoms with Crippen LogP contribution in [0.3, 0.4) is 0 Å². The van der Waals surface area contributed by atoms with Gasteiger partial charge < -0.3 is 15.4 Å². The number of methoxy groups -OCH3 is 1. The zero-order valence-electron chi connectivity index (χ0n) is 11.0. The Morgan fingerprint density at radius 1 is 1.50 bits per heavy atom. The summed E-state index contributed by atoms with van der Waals surface area (Å²) in [7, 11) is 1.70. The molecule has 0 spiro atoms. The number of ether oxygens (including phenoxy) is 1. The van der Waals surface area contributed by atoms with Gasteiger partial charge in [-0.1, -0.05) is 0 Å². The summed E-state index contributed by atoms with van der Waals surface area (Å²) in [5, 5.41) is 0. The van der Waals surface area contributed by atoms with E-state index in [1.807, 2.05) is 18.2 Å². The van der Waals surface area contributed by atoms with E-state index >= 15 is 0 Å². The molecule has 4 nitrogen and oxygen atoms in total. The summed E-state index contributed by atoms with van der Waals surface area (Å²) in [6.45, 7) is 3.09. The standard InChI is InChI=1S/C14H20N2O2/c1-10(17)13-9-12(5-6-14(13)15)16(7-8-18-2)11-3-4-11/h5-6,9,11H,3-4,7-8,15H2,1-2H3. The molecule has 0 aliphatic heterocycles. The number of hydrogen-bond donors (Lipinski definition) is 1. The normalized spacial score (nSPS) is 14.6. The zero-order chi connectivity index (χ0) is 13.1. The largest absolute Gasteiger partial charge is 0.398 e. The lowest BCUT2D eigenvalue weighted by molar-refractivity contribution is 0.101. The third-order valence-electron chi connectivity index (χ3n) is 3.27. The molecule has 0 amide bonds. The highest BCUT2D eigenvalue weighted by atomic mass is 16.5. The van der Waals surface area contributed by atoms with Crippen molar-refractivity contribution in [3.05, 3.63) is 23.8 Å². The highest BCUT2D eigenvalue weighted by molar-refractivity contribution is 6.00. The molecule has 0 unspecified atom stereocenters. The van der Waals surface area contributed by atoms with Crippen LogP contribution in [0.25, 0.3) is 0 Å². The van der Waals surface area contributed by atoms with Crippen molar-refractivity contribution in [3.8, 4) is 0 Å². The highest BCUT2D eigenvalue weighted by Gasteiger charge is 2.29. The number of nitrogen functional groups attached to an aromatic ring is 1. The first-order chi connectivity index (χ1) is 8.63. The van der Waals surface area contributed by atoms with Gasteiger partial charge in [-0.3, -0.25) is 4.79 Å². The van der Waals surface area contributed by atoms with Gasteiger partial charge in [-0.15, -0.1) is 0 Å². The fourth-order valence-corrected chi connectivity index (χ4v) is 2.13. The Morgan fingerprint density at radius 2 is 2.22 bits per heavy atom. The lowest BCUT2D eigenvalue weighted by Crippen LogP contribution is -2.29. The number of Topliss-reactive ketones (excluding diaryl/α,β-unsaturated/α-hetero) is 1. The molecule has 1 aromatic carbocycles. The van der Waals surface area contributed by atoms with Crippen LogP contribution in [0.5, 0.6) is 0 Å². The maximum atomic E-state index is 11.5. The molecule has 0 bridgehead atoms. The van der Waals surface area contributed by atoms with Gasteiger partial charge in [0.05, 0.1) is 6.61 Å². The monoisotopic (exact) mass is 248 g/mol. The molecule has 98 valence electrons. The number of benzene rings is 1. The number of anilines is 2. The van der Waals surface area contributed by atoms with E-state index in [4.69, 9.17) is 10.5 Å². The van der Waals surface area contributed by atoms with Gasteiger partial charge in [-0.25, -0.2) is 0 Å². The summed E-state index contributed by atoms with van der Waals surface area (Å²) < 4.78 is 5.14. The van der Waals surface area contributed by atoms with Gasteiger partial charge in [0.15, 0.2) is 5.78 Å². The summed E-state index contributed by atoms with van der Waals surface area (Å²) in [4.78, 5) is 13.8. The molecule has 2 N–H and O–H groups in total. The molecule has 1 aromatic rings. The molecule has 18 heavy (non-hydrogen) atoms. The molecule has 2 rings (SSSR count). The van der Waals surface area contributed by atoms with Crippen LogP contribution in [0.4, 0.5) is 11.4 Å². The minimum atomic E-state index is 0.0110. The number of hydrogen-bond acceptors (Lipinski definition) is 4.